The Morgan fingerprint density at radius 2 is 1.85 bits per heavy atom. The van der Waals surface area contributed by atoms with Crippen molar-refractivity contribution in [3.63, 3.8) is 0 Å². The quantitative estimate of drug-likeness (QED) is 0.169. The Hall–Kier alpha value is -5.46. The smallest absolute Gasteiger partial charge is 0.251 e. The third kappa shape index (κ3) is 7.34. The summed E-state index contributed by atoms with van der Waals surface area (Å²) < 4.78 is 43.3. The van der Waals surface area contributed by atoms with E-state index in [0.29, 0.717) is 86.4 Å². The molecule has 2 aliphatic carbocycles. The summed E-state index contributed by atoms with van der Waals surface area (Å²) in [6.07, 6.45) is 9.53. The van der Waals surface area contributed by atoms with E-state index in [4.69, 9.17) is 14.5 Å². The molecule has 352 valence electrons. The molecule has 7 atom stereocenters. The number of aliphatic hydroxyl groups is 1. The van der Waals surface area contributed by atoms with E-state index in [2.05, 4.69) is 30.7 Å². The number of imide groups is 1. The molecular formula is C48H59F2N9O7. The number of likely N-dealkylation sites (N-methyl/N-ethyl adjacent to an activating group) is 1. The molecular weight excluding hydrogens is 853 g/mol. The molecule has 2 bridgehead atoms. The number of hydrogen-bond donors (Lipinski definition) is 4. The molecule has 18 heteroatoms. The zero-order chi connectivity index (χ0) is 46.1. The minimum Gasteiger partial charge on any atom is -0.495 e. The first-order valence-corrected chi connectivity index (χ1v) is 23.7. The molecule has 16 nitrogen and oxygen atoms in total. The molecule has 1 spiro atoms. The van der Waals surface area contributed by atoms with Crippen LogP contribution in [-0.4, -0.2) is 121 Å². The van der Waals surface area contributed by atoms with E-state index >= 15 is 8.78 Å². The fraction of sp³-hybridized carbons (Fsp3) is 0.583. The number of hydrogen-bond acceptors (Lipinski definition) is 13. The number of aliphatic hydroxyl groups excluding tert-OH is 1. The molecule has 0 radical (unpaired) electrons. The van der Waals surface area contributed by atoms with Gasteiger partial charge in [-0.2, -0.15) is 4.98 Å². The van der Waals surface area contributed by atoms with E-state index < -0.39 is 40.6 Å². The van der Waals surface area contributed by atoms with Crippen LogP contribution in [0.1, 0.15) is 99.4 Å². The van der Waals surface area contributed by atoms with Crippen molar-refractivity contribution in [1.82, 2.24) is 25.5 Å². The number of carbonyl (C=O) groups is 4. The number of fused-ring (bicyclic) bond motifs is 2. The zero-order valence-electron chi connectivity index (χ0n) is 37.8. The summed E-state index contributed by atoms with van der Waals surface area (Å²) in [5.41, 5.74) is 0.467. The van der Waals surface area contributed by atoms with Gasteiger partial charge in [0.2, 0.25) is 23.7 Å². The average molecular weight is 912 g/mol. The predicted octanol–water partition coefficient (Wildman–Crippen LogP) is 4.98. The number of ether oxygens (including phenoxy) is 2. The molecule has 66 heavy (non-hydrogen) atoms. The Kier molecular flexibility index (Phi) is 11.6. The minimum absolute atomic E-state index is 0.0123. The molecule has 2 saturated carbocycles. The van der Waals surface area contributed by atoms with Gasteiger partial charge in [-0.15, -0.1) is 0 Å². The third-order valence-electron chi connectivity index (χ3n) is 15.9. The second kappa shape index (κ2) is 17.3. The minimum atomic E-state index is -1.05. The van der Waals surface area contributed by atoms with Crippen molar-refractivity contribution >= 4 is 52.5 Å². The van der Waals surface area contributed by atoms with Crippen LogP contribution in [0, 0.1) is 29.4 Å². The molecule has 4 saturated heterocycles. The van der Waals surface area contributed by atoms with E-state index in [-0.39, 0.29) is 66.7 Å². The second-order valence-corrected chi connectivity index (χ2v) is 19.4. The van der Waals surface area contributed by atoms with Gasteiger partial charge in [0.1, 0.15) is 34.8 Å². The molecule has 1 aromatic heterocycles. The summed E-state index contributed by atoms with van der Waals surface area (Å²) in [5, 5.41) is 19.4. The maximum Gasteiger partial charge on any atom is 0.251 e. The van der Waals surface area contributed by atoms with Crippen molar-refractivity contribution in [3.05, 3.63) is 59.3 Å². The first kappa shape index (κ1) is 44.4. The van der Waals surface area contributed by atoms with Gasteiger partial charge in [-0.1, -0.05) is 19.8 Å². The highest BCUT2D eigenvalue weighted by atomic mass is 19.1. The van der Waals surface area contributed by atoms with Crippen LogP contribution in [0.25, 0.3) is 0 Å². The fourth-order valence-corrected chi connectivity index (χ4v) is 12.7. The summed E-state index contributed by atoms with van der Waals surface area (Å²) in [4.78, 5) is 69.5. The number of aromatic nitrogens is 2. The highest BCUT2D eigenvalue weighted by molar-refractivity contribution is 6.04. The molecule has 4 N–H and O–H groups in total. The molecule has 2 aromatic carbocycles. The Morgan fingerprint density at radius 3 is 2.55 bits per heavy atom. The number of anilines is 5. The van der Waals surface area contributed by atoms with Gasteiger partial charge >= 0.3 is 0 Å². The lowest BCUT2D eigenvalue weighted by molar-refractivity contribution is -0.285. The lowest BCUT2D eigenvalue weighted by Crippen LogP contribution is -2.73. The second-order valence-electron chi connectivity index (χ2n) is 19.4. The van der Waals surface area contributed by atoms with Gasteiger partial charge in [-0.05, 0) is 93.5 Å². The summed E-state index contributed by atoms with van der Waals surface area (Å²) in [7, 11) is 3.31. The number of likely N-dealkylation sites (tertiary alicyclic amines) is 1. The number of carbonyl (C=O) groups excluding carboxylic acids is 4. The molecule has 6 fully saturated rings. The number of benzene rings is 2. The molecule has 5 aliphatic heterocycles. The summed E-state index contributed by atoms with van der Waals surface area (Å²) >= 11 is 0. The average Bonchev–Trinajstić information content (AvgIpc) is 4.01. The maximum absolute atomic E-state index is 15.5. The van der Waals surface area contributed by atoms with Gasteiger partial charge in [-0.25, -0.2) is 13.8 Å². The number of nitrogens with one attached hydrogen (secondary N) is 3. The van der Waals surface area contributed by atoms with E-state index in [1.165, 1.54) is 12.1 Å². The maximum atomic E-state index is 15.5. The first-order chi connectivity index (χ1) is 31.9. The van der Waals surface area contributed by atoms with Gasteiger partial charge < -0.3 is 39.9 Å². The van der Waals surface area contributed by atoms with Gasteiger partial charge in [0, 0.05) is 75.0 Å². The zero-order valence-corrected chi connectivity index (χ0v) is 37.8. The summed E-state index contributed by atoms with van der Waals surface area (Å²) in [5.74, 6) is -2.37. The van der Waals surface area contributed by atoms with E-state index in [1.54, 1.807) is 43.5 Å². The number of rotatable bonds is 13. The lowest BCUT2D eigenvalue weighted by atomic mass is 9.71. The van der Waals surface area contributed by atoms with Crippen molar-refractivity contribution in [3.8, 4) is 5.75 Å². The molecule has 5 unspecified atom stereocenters. The van der Waals surface area contributed by atoms with Crippen molar-refractivity contribution < 1.29 is 42.5 Å². The molecule has 10 rings (SSSR count). The van der Waals surface area contributed by atoms with Gasteiger partial charge in [0.15, 0.2) is 5.82 Å². The van der Waals surface area contributed by atoms with E-state index in [0.717, 1.165) is 44.3 Å². The molecule has 7 aliphatic rings. The van der Waals surface area contributed by atoms with Gasteiger partial charge in [0.25, 0.3) is 5.91 Å². The van der Waals surface area contributed by atoms with Crippen LogP contribution >= 0.6 is 0 Å². The molecule has 6 heterocycles. The topological polar surface area (TPSA) is 182 Å². The van der Waals surface area contributed by atoms with Crippen molar-refractivity contribution in [2.45, 2.75) is 107 Å². The Bertz CT molecular complexity index is 2420. The number of piperidine rings is 3. The van der Waals surface area contributed by atoms with Gasteiger partial charge in [-0.3, -0.25) is 29.4 Å². The Morgan fingerprint density at radius 1 is 1.06 bits per heavy atom. The van der Waals surface area contributed by atoms with Crippen molar-refractivity contribution in [1.29, 1.82) is 0 Å². The number of nitrogens with zero attached hydrogens (tertiary/aromatic N) is 6. The van der Waals surface area contributed by atoms with Crippen LogP contribution in [0.3, 0.4) is 0 Å². The Labute approximate surface area is 382 Å². The SMILES string of the molecule is CC[C@@H]1C(=O)N(C)c2cnc(Nc3ccc(C(=O)NC4(CCO)C5CN(C[C@H]6CCCN(c7cc(F)c(C8CCC(=O)NC8=O)c(F)c7)C6)C6(C5)OCC46)cc3OC)nc2N1C1CCCC1. The summed E-state index contributed by atoms with van der Waals surface area (Å²) in [6.45, 7) is 4.94. The Balaban J connectivity index is 0.818. The standard InChI is InChI=1S/C48H59F2N9O7/c1-4-36-45(64)56(2)37-22-51-46(54-42(37)59(36)30-9-5-6-10-30)52-35-13-11-28(18-38(35)65-3)43(62)55-47(15-17-60)29-21-48(39(47)26-66-48)58(25-29)24-27-8-7-16-57(23-27)31-19-33(49)41(34(50)20-31)32-12-14-40(61)53-44(32)63/h11,13,18-20,22,27,29-30,32,36,39,60H,4-10,12,14-17,21,23-26H2,1-3H3,(H,55,62)(H,51,52,54)(H,53,61,63)/t27-,29?,32?,36+,39?,47?,48?/m0/s1. The fourth-order valence-electron chi connectivity index (χ4n) is 12.7. The number of methoxy groups -OCH3 is 1. The van der Waals surface area contributed by atoms with E-state index in [9.17, 15) is 24.3 Å². The van der Waals surface area contributed by atoms with Gasteiger partial charge in [0.05, 0.1) is 37.1 Å². The molecule has 4 amide bonds. The van der Waals surface area contributed by atoms with E-state index in [1.807, 2.05) is 11.8 Å². The number of amides is 4. The van der Waals surface area contributed by atoms with Crippen LogP contribution < -0.4 is 35.4 Å². The predicted molar refractivity (Wildman–Crippen MR) is 241 cm³/mol. The van der Waals surface area contributed by atoms with Crippen LogP contribution in [0.4, 0.5) is 37.6 Å². The normalized spacial score (nSPS) is 29.7. The van der Waals surface area contributed by atoms with Crippen molar-refractivity contribution in [2.75, 3.05) is 73.6 Å². The highest BCUT2D eigenvalue weighted by Gasteiger charge is 2.74. The van der Waals surface area contributed by atoms with Crippen LogP contribution in [0.15, 0.2) is 36.5 Å². The summed E-state index contributed by atoms with van der Waals surface area (Å²) in [6, 6.07) is 7.72. The third-order valence-corrected chi connectivity index (χ3v) is 15.9. The van der Waals surface area contributed by atoms with Crippen molar-refractivity contribution in [2.24, 2.45) is 17.8 Å². The lowest BCUT2D eigenvalue weighted by Gasteiger charge is -2.59. The highest BCUT2D eigenvalue weighted by Crippen LogP contribution is 2.63. The first-order valence-electron chi connectivity index (χ1n) is 23.7. The van der Waals surface area contributed by atoms with Crippen LogP contribution in [0.2, 0.25) is 0 Å². The monoisotopic (exact) mass is 911 g/mol. The largest absolute Gasteiger partial charge is 0.495 e. The van der Waals surface area contributed by atoms with Crippen LogP contribution in [0.5, 0.6) is 5.75 Å². The molecule has 3 aromatic rings. The number of halogens is 2. The van der Waals surface area contributed by atoms with Crippen LogP contribution in [-0.2, 0) is 19.1 Å².